The highest BCUT2D eigenvalue weighted by Gasteiger charge is 2.20. The molecular formula is C18H14BrClN4O2. The first-order chi connectivity index (χ1) is 12.5. The van der Waals surface area contributed by atoms with Gasteiger partial charge >= 0.3 is 0 Å². The zero-order chi connectivity index (χ0) is 18.3. The number of hydrogen-bond donors (Lipinski definition) is 2. The zero-order valence-corrected chi connectivity index (χ0v) is 15.9. The van der Waals surface area contributed by atoms with E-state index in [1.165, 1.54) is 0 Å². The van der Waals surface area contributed by atoms with Crippen LogP contribution in [0.5, 0.6) is 0 Å². The van der Waals surface area contributed by atoms with Crippen molar-refractivity contribution in [1.29, 1.82) is 0 Å². The van der Waals surface area contributed by atoms with Gasteiger partial charge in [0.25, 0.3) is 5.91 Å². The van der Waals surface area contributed by atoms with Gasteiger partial charge in [-0.15, -0.1) is 0 Å². The summed E-state index contributed by atoms with van der Waals surface area (Å²) in [6, 6.07) is 8.84. The van der Waals surface area contributed by atoms with Gasteiger partial charge in [-0.3, -0.25) is 9.59 Å². The summed E-state index contributed by atoms with van der Waals surface area (Å²) in [5, 5.41) is 7.08. The second-order valence-corrected chi connectivity index (χ2v) is 7.24. The Bertz CT molecular complexity index is 1080. The van der Waals surface area contributed by atoms with Crippen molar-refractivity contribution < 1.29 is 4.79 Å². The monoisotopic (exact) mass is 432 g/mol. The fourth-order valence-corrected chi connectivity index (χ4v) is 3.56. The molecule has 1 aliphatic heterocycles. The Hall–Kier alpha value is -2.38. The molecule has 3 heterocycles. The summed E-state index contributed by atoms with van der Waals surface area (Å²) >= 11 is 9.19. The zero-order valence-electron chi connectivity index (χ0n) is 13.6. The van der Waals surface area contributed by atoms with Crippen molar-refractivity contribution in [2.45, 2.75) is 13.1 Å². The van der Waals surface area contributed by atoms with Crippen molar-refractivity contribution >= 4 is 50.2 Å². The highest BCUT2D eigenvalue weighted by molar-refractivity contribution is 9.10. The smallest absolute Gasteiger partial charge is 0.257 e. The minimum atomic E-state index is -0.399. The first-order valence-corrected chi connectivity index (χ1v) is 9.20. The molecule has 0 fully saturated rings. The van der Waals surface area contributed by atoms with Crippen molar-refractivity contribution in [1.82, 2.24) is 14.9 Å². The third kappa shape index (κ3) is 3.08. The van der Waals surface area contributed by atoms with Crippen LogP contribution in [0, 0.1) is 0 Å². The average Bonchev–Trinajstić information content (AvgIpc) is 2.63. The van der Waals surface area contributed by atoms with Crippen LogP contribution >= 0.6 is 27.5 Å². The van der Waals surface area contributed by atoms with Crippen LogP contribution in [0.3, 0.4) is 0 Å². The number of anilines is 1. The number of halogens is 2. The normalized spacial score (nSPS) is 12.7. The summed E-state index contributed by atoms with van der Waals surface area (Å²) in [4.78, 5) is 29.8. The molecule has 8 heteroatoms. The fraction of sp³-hybridized carbons (Fsp3) is 0.167. The molecule has 6 nitrogen and oxygen atoms in total. The summed E-state index contributed by atoms with van der Waals surface area (Å²) in [6.07, 6.45) is 1.61. The van der Waals surface area contributed by atoms with Gasteiger partial charge in [-0.2, -0.15) is 0 Å². The number of hydrogen-bond acceptors (Lipinski definition) is 4. The molecule has 0 unspecified atom stereocenters. The third-order valence-electron chi connectivity index (χ3n) is 4.28. The Morgan fingerprint density at radius 1 is 1.35 bits per heavy atom. The predicted octanol–water partition coefficient (Wildman–Crippen LogP) is 3.17. The lowest BCUT2D eigenvalue weighted by atomic mass is 10.1. The van der Waals surface area contributed by atoms with E-state index in [1.807, 2.05) is 16.7 Å². The van der Waals surface area contributed by atoms with E-state index in [0.29, 0.717) is 40.5 Å². The maximum absolute atomic E-state index is 12.9. The quantitative estimate of drug-likeness (QED) is 0.622. The molecule has 0 radical (unpaired) electrons. The highest BCUT2D eigenvalue weighted by atomic mass is 79.9. The molecule has 0 saturated heterocycles. The van der Waals surface area contributed by atoms with Crippen LogP contribution in [-0.4, -0.2) is 22.0 Å². The molecule has 0 atom stereocenters. The standard InChI is InChI=1S/C18H14BrClN4O2/c19-14-7-12-15-17(23-14)21-5-6-24(15)9-13(16(12)25)18(26)22-8-10-1-3-11(20)4-2-10/h1-4,7,9H,5-6,8H2,(H,21,23)(H,22,26). The van der Waals surface area contributed by atoms with Gasteiger partial charge in [-0.25, -0.2) is 4.98 Å². The summed E-state index contributed by atoms with van der Waals surface area (Å²) < 4.78 is 2.45. The van der Waals surface area contributed by atoms with Gasteiger partial charge in [0.2, 0.25) is 5.43 Å². The maximum atomic E-state index is 12.9. The first kappa shape index (κ1) is 17.1. The summed E-state index contributed by atoms with van der Waals surface area (Å²) in [6.45, 7) is 1.66. The molecule has 0 saturated carbocycles. The van der Waals surface area contributed by atoms with Crippen LogP contribution in [0.15, 0.2) is 45.9 Å². The third-order valence-corrected chi connectivity index (χ3v) is 4.94. The molecule has 3 aromatic rings. The molecule has 1 aliphatic rings. The summed E-state index contributed by atoms with van der Waals surface area (Å²) in [7, 11) is 0. The lowest BCUT2D eigenvalue weighted by Crippen LogP contribution is -2.31. The number of amides is 1. The molecule has 2 aromatic heterocycles. The molecular weight excluding hydrogens is 420 g/mol. The van der Waals surface area contributed by atoms with Gasteiger partial charge in [0.15, 0.2) is 5.82 Å². The van der Waals surface area contributed by atoms with Gasteiger partial charge in [0.05, 0.1) is 10.9 Å². The predicted molar refractivity (Wildman–Crippen MR) is 105 cm³/mol. The van der Waals surface area contributed by atoms with E-state index in [1.54, 1.807) is 24.4 Å². The second-order valence-electron chi connectivity index (χ2n) is 5.99. The Morgan fingerprint density at radius 3 is 2.88 bits per heavy atom. The van der Waals surface area contributed by atoms with E-state index >= 15 is 0 Å². The van der Waals surface area contributed by atoms with Crippen molar-refractivity contribution in [2.24, 2.45) is 0 Å². The van der Waals surface area contributed by atoms with Crippen LogP contribution in [0.2, 0.25) is 5.02 Å². The number of carbonyl (C=O) groups is 1. The van der Waals surface area contributed by atoms with Gasteiger partial charge in [0, 0.05) is 30.9 Å². The van der Waals surface area contributed by atoms with Crippen LogP contribution in [0.25, 0.3) is 10.9 Å². The van der Waals surface area contributed by atoms with Crippen LogP contribution in [0.1, 0.15) is 15.9 Å². The Kier molecular flexibility index (Phi) is 4.42. The van der Waals surface area contributed by atoms with Gasteiger partial charge in [-0.1, -0.05) is 23.7 Å². The molecule has 132 valence electrons. The second kappa shape index (κ2) is 6.74. The number of carbonyl (C=O) groups excluding carboxylic acids is 1. The number of aromatic nitrogens is 2. The lowest BCUT2D eigenvalue weighted by Gasteiger charge is -2.21. The number of nitrogens with zero attached hydrogens (tertiary/aromatic N) is 2. The molecule has 0 aliphatic carbocycles. The number of pyridine rings is 2. The number of rotatable bonds is 3. The Balaban J connectivity index is 1.70. The van der Waals surface area contributed by atoms with Gasteiger partial charge in [-0.05, 0) is 39.7 Å². The molecule has 0 bridgehead atoms. The molecule has 26 heavy (non-hydrogen) atoms. The SMILES string of the molecule is O=C(NCc1ccc(Cl)cc1)c1cn2c3c(nc(Br)cc3c1=O)NCC2. The van der Waals surface area contributed by atoms with Crippen LogP contribution in [-0.2, 0) is 13.1 Å². The minimum absolute atomic E-state index is 0.123. The minimum Gasteiger partial charge on any atom is -0.366 e. The first-order valence-electron chi connectivity index (χ1n) is 8.03. The van der Waals surface area contributed by atoms with Gasteiger partial charge < -0.3 is 15.2 Å². The van der Waals surface area contributed by atoms with Crippen molar-refractivity contribution in [3.63, 3.8) is 0 Å². The van der Waals surface area contributed by atoms with Crippen molar-refractivity contribution in [3.8, 4) is 0 Å². The van der Waals surface area contributed by atoms with Crippen molar-refractivity contribution in [3.05, 3.63) is 67.5 Å². The van der Waals surface area contributed by atoms with E-state index in [-0.39, 0.29) is 11.0 Å². The number of nitrogens with one attached hydrogen (secondary N) is 2. The van der Waals surface area contributed by atoms with Crippen molar-refractivity contribution in [2.75, 3.05) is 11.9 Å². The Morgan fingerprint density at radius 2 is 2.12 bits per heavy atom. The molecule has 1 amide bonds. The van der Waals surface area contributed by atoms with E-state index in [9.17, 15) is 9.59 Å². The maximum Gasteiger partial charge on any atom is 0.257 e. The van der Waals surface area contributed by atoms with Crippen LogP contribution < -0.4 is 16.1 Å². The van der Waals surface area contributed by atoms with Crippen LogP contribution in [0.4, 0.5) is 5.82 Å². The lowest BCUT2D eigenvalue weighted by molar-refractivity contribution is 0.0949. The topological polar surface area (TPSA) is 76.0 Å². The molecule has 0 spiro atoms. The highest BCUT2D eigenvalue weighted by Crippen LogP contribution is 2.26. The van der Waals surface area contributed by atoms with E-state index in [4.69, 9.17) is 11.6 Å². The number of benzene rings is 1. The van der Waals surface area contributed by atoms with E-state index in [2.05, 4.69) is 31.5 Å². The molecule has 2 N–H and O–H groups in total. The molecule has 1 aromatic carbocycles. The van der Waals surface area contributed by atoms with E-state index < -0.39 is 5.91 Å². The Labute approximate surface area is 162 Å². The largest absolute Gasteiger partial charge is 0.366 e. The van der Waals surface area contributed by atoms with E-state index in [0.717, 1.165) is 11.1 Å². The summed E-state index contributed by atoms with van der Waals surface area (Å²) in [5.74, 6) is 0.245. The molecule has 4 rings (SSSR count). The van der Waals surface area contributed by atoms with Gasteiger partial charge in [0.1, 0.15) is 10.2 Å². The average molecular weight is 434 g/mol. The summed E-state index contributed by atoms with van der Waals surface area (Å²) in [5.41, 5.74) is 1.44. The fourth-order valence-electron chi connectivity index (χ4n) is 3.03.